The molecule has 0 radical (unpaired) electrons. The molecule has 0 fully saturated rings. The zero-order valence-electron chi connectivity index (χ0n) is 19.6. The maximum absolute atomic E-state index is 13.4. The van der Waals surface area contributed by atoms with Crippen molar-refractivity contribution in [3.8, 4) is 11.8 Å². The van der Waals surface area contributed by atoms with E-state index in [0.717, 1.165) is 31.0 Å². The number of alkyl halides is 3. The molecule has 1 aliphatic rings. The molecule has 0 unspecified atom stereocenters. The summed E-state index contributed by atoms with van der Waals surface area (Å²) in [5.41, 5.74) is -1.08. The first kappa shape index (κ1) is 29.5. The number of hydrogen-bond acceptors (Lipinski definition) is 7. The van der Waals surface area contributed by atoms with Crippen LogP contribution in [0, 0.1) is 17.2 Å². The fourth-order valence-electron chi connectivity index (χ4n) is 3.74. The first-order valence-corrected chi connectivity index (χ1v) is 13.1. The van der Waals surface area contributed by atoms with Crippen LogP contribution in [0.5, 0.6) is 5.75 Å². The fraction of sp³-hybridized carbons (Fsp3) is 0.250. The van der Waals surface area contributed by atoms with Crippen LogP contribution in [0.2, 0.25) is 0 Å². The van der Waals surface area contributed by atoms with Gasteiger partial charge in [-0.1, -0.05) is 33.8 Å². The largest absolute Gasteiger partial charge is 0.496 e. The van der Waals surface area contributed by atoms with Crippen LogP contribution in [-0.4, -0.2) is 37.8 Å². The molecule has 0 aromatic heterocycles. The monoisotopic (exact) mass is 675 g/mol. The van der Waals surface area contributed by atoms with Gasteiger partial charge in [-0.15, -0.1) is 0 Å². The molecule has 1 aliphatic heterocycles. The lowest BCUT2D eigenvalue weighted by molar-refractivity contribution is -0.150. The van der Waals surface area contributed by atoms with Crippen molar-refractivity contribution in [1.29, 1.82) is 5.26 Å². The number of ether oxygens (including phenoxy) is 2. The van der Waals surface area contributed by atoms with Crippen LogP contribution >= 0.6 is 43.6 Å². The number of amides is 2. The second-order valence-electron chi connectivity index (χ2n) is 7.74. The van der Waals surface area contributed by atoms with Gasteiger partial charge in [0.1, 0.15) is 11.7 Å². The van der Waals surface area contributed by atoms with Gasteiger partial charge in [0.2, 0.25) is 11.8 Å². The maximum atomic E-state index is 13.4. The van der Waals surface area contributed by atoms with Gasteiger partial charge < -0.3 is 20.1 Å². The number of nitriles is 1. The van der Waals surface area contributed by atoms with E-state index in [0.29, 0.717) is 15.8 Å². The van der Waals surface area contributed by atoms with E-state index in [4.69, 9.17) is 9.47 Å². The van der Waals surface area contributed by atoms with E-state index >= 15 is 0 Å². The Morgan fingerprint density at radius 3 is 2.47 bits per heavy atom. The number of carbonyl (C=O) groups is 3. The number of carbonyl (C=O) groups excluding carboxylic acids is 3. The fourth-order valence-corrected chi connectivity index (χ4v) is 5.51. The minimum absolute atomic E-state index is 0.00315. The number of allylic oxidation sites excluding steroid dienone is 1. The van der Waals surface area contributed by atoms with E-state index < -0.39 is 52.8 Å². The zero-order valence-corrected chi connectivity index (χ0v) is 23.6. The minimum Gasteiger partial charge on any atom is -0.496 e. The summed E-state index contributed by atoms with van der Waals surface area (Å²) in [7, 11) is 2.57. The third-order valence-electron chi connectivity index (χ3n) is 5.43. The molecule has 0 aliphatic carbocycles. The molecule has 1 heterocycles. The highest BCUT2D eigenvalue weighted by Gasteiger charge is 2.44. The number of hydrogen-bond donors (Lipinski definition) is 2. The van der Waals surface area contributed by atoms with Crippen molar-refractivity contribution in [2.75, 3.05) is 25.3 Å². The smallest absolute Gasteiger partial charge is 0.418 e. The van der Waals surface area contributed by atoms with Crippen molar-refractivity contribution in [3.05, 3.63) is 67.1 Å². The predicted molar refractivity (Wildman–Crippen MR) is 140 cm³/mol. The summed E-state index contributed by atoms with van der Waals surface area (Å²) in [5.74, 6) is -4.85. The number of esters is 1. The lowest BCUT2D eigenvalue weighted by Gasteiger charge is -2.31. The third-order valence-corrected chi connectivity index (χ3v) is 7.56. The standard InChI is InChI=1S/C24H18Br2F3N3O5S/c1-36-17-6-3-11(7-15(17)26)19-13(9-30)22(32-21(34)20(19)23(35)37-2)38-10-18(33)31-16-5-4-12(25)8-14(16)24(27,28)29/h3-8,19-20H,10H2,1-2H3,(H,31,33)(H,32,34)/t19-,20+/m1/s1. The highest BCUT2D eigenvalue weighted by atomic mass is 79.9. The first-order chi connectivity index (χ1) is 17.9. The molecule has 38 heavy (non-hydrogen) atoms. The van der Waals surface area contributed by atoms with Gasteiger partial charge in [0.15, 0.2) is 0 Å². The number of methoxy groups -OCH3 is 2. The number of nitrogens with one attached hydrogen (secondary N) is 2. The molecule has 0 spiro atoms. The SMILES string of the molecule is COC(=O)[C@@H]1C(=O)NC(SCC(=O)Nc2ccc(Br)cc2C(F)(F)F)=C(C#N)[C@H]1c1ccc(OC)c(Br)c1. The van der Waals surface area contributed by atoms with Gasteiger partial charge >= 0.3 is 12.1 Å². The van der Waals surface area contributed by atoms with Gasteiger partial charge in [-0.05, 0) is 51.8 Å². The quantitative estimate of drug-likeness (QED) is 0.300. The van der Waals surface area contributed by atoms with Crippen LogP contribution < -0.4 is 15.4 Å². The first-order valence-electron chi connectivity index (χ1n) is 10.6. The Bertz CT molecular complexity index is 1360. The number of anilines is 1. The van der Waals surface area contributed by atoms with Crippen molar-refractivity contribution in [2.24, 2.45) is 5.92 Å². The van der Waals surface area contributed by atoms with E-state index in [1.807, 2.05) is 6.07 Å². The van der Waals surface area contributed by atoms with Crippen LogP contribution in [0.25, 0.3) is 0 Å². The lowest BCUT2D eigenvalue weighted by atomic mass is 9.78. The van der Waals surface area contributed by atoms with Gasteiger partial charge in [0.25, 0.3) is 0 Å². The summed E-state index contributed by atoms with van der Waals surface area (Å²) in [4.78, 5) is 38.0. The molecule has 2 aromatic carbocycles. The molecule has 0 saturated heterocycles. The van der Waals surface area contributed by atoms with Gasteiger partial charge in [-0.25, -0.2) is 0 Å². The van der Waals surface area contributed by atoms with Crippen molar-refractivity contribution in [2.45, 2.75) is 12.1 Å². The van der Waals surface area contributed by atoms with Crippen molar-refractivity contribution < 1.29 is 37.0 Å². The topological polar surface area (TPSA) is 118 Å². The Balaban J connectivity index is 1.93. The molecule has 2 N–H and O–H groups in total. The highest BCUT2D eigenvalue weighted by molar-refractivity contribution is 9.10. The molecule has 14 heteroatoms. The normalized spacial score (nSPS) is 17.4. The Hall–Kier alpha value is -3.02. The van der Waals surface area contributed by atoms with Gasteiger partial charge in [0.05, 0.1) is 52.4 Å². The molecule has 3 rings (SSSR count). The van der Waals surface area contributed by atoms with Crippen molar-refractivity contribution >= 4 is 67.1 Å². The van der Waals surface area contributed by atoms with Crippen LogP contribution in [0.15, 0.2) is 55.9 Å². The Morgan fingerprint density at radius 1 is 1.18 bits per heavy atom. The molecule has 0 bridgehead atoms. The summed E-state index contributed by atoms with van der Waals surface area (Å²) >= 11 is 7.07. The summed E-state index contributed by atoms with van der Waals surface area (Å²) < 4.78 is 50.9. The summed E-state index contributed by atoms with van der Waals surface area (Å²) in [6.45, 7) is 0. The zero-order chi connectivity index (χ0) is 28.2. The predicted octanol–water partition coefficient (Wildman–Crippen LogP) is 5.35. The number of nitrogens with zero attached hydrogens (tertiary/aromatic N) is 1. The number of halogens is 5. The summed E-state index contributed by atoms with van der Waals surface area (Å²) in [5, 5.41) is 14.7. The number of rotatable bonds is 7. The molecule has 2 aromatic rings. The second kappa shape index (κ2) is 12.2. The van der Waals surface area contributed by atoms with E-state index in [1.54, 1.807) is 18.2 Å². The molecule has 8 nitrogen and oxygen atoms in total. The average molecular weight is 677 g/mol. The van der Waals surface area contributed by atoms with Crippen LogP contribution in [0.4, 0.5) is 18.9 Å². The summed E-state index contributed by atoms with van der Waals surface area (Å²) in [6, 6.07) is 10.1. The van der Waals surface area contributed by atoms with Gasteiger partial charge in [0, 0.05) is 10.4 Å². The van der Waals surface area contributed by atoms with Crippen LogP contribution in [-0.2, 0) is 25.3 Å². The molecular weight excluding hydrogens is 659 g/mol. The highest BCUT2D eigenvalue weighted by Crippen LogP contribution is 2.42. The van der Waals surface area contributed by atoms with E-state index in [9.17, 15) is 32.8 Å². The van der Waals surface area contributed by atoms with Gasteiger partial charge in [-0.2, -0.15) is 18.4 Å². The Morgan fingerprint density at radius 2 is 1.89 bits per heavy atom. The molecule has 2 amide bonds. The van der Waals surface area contributed by atoms with Crippen LogP contribution in [0.3, 0.4) is 0 Å². The average Bonchev–Trinajstić information content (AvgIpc) is 2.86. The molecule has 0 saturated carbocycles. The second-order valence-corrected chi connectivity index (χ2v) is 10.5. The Kier molecular flexibility index (Phi) is 9.50. The maximum Gasteiger partial charge on any atom is 0.418 e. The van der Waals surface area contributed by atoms with Crippen molar-refractivity contribution in [1.82, 2.24) is 5.32 Å². The van der Waals surface area contributed by atoms with E-state index in [2.05, 4.69) is 42.5 Å². The molecule has 200 valence electrons. The third kappa shape index (κ3) is 6.51. The lowest BCUT2D eigenvalue weighted by Crippen LogP contribution is -2.44. The number of thioether (sulfide) groups is 1. The Labute approximate surface area is 236 Å². The number of benzene rings is 2. The molecule has 2 atom stereocenters. The van der Waals surface area contributed by atoms with Crippen molar-refractivity contribution in [3.63, 3.8) is 0 Å². The van der Waals surface area contributed by atoms with E-state index in [-0.39, 0.29) is 15.1 Å². The summed E-state index contributed by atoms with van der Waals surface area (Å²) in [6.07, 6.45) is -4.71. The van der Waals surface area contributed by atoms with Gasteiger partial charge in [-0.3, -0.25) is 14.4 Å². The minimum atomic E-state index is -4.71. The van der Waals surface area contributed by atoms with E-state index in [1.165, 1.54) is 13.2 Å². The van der Waals surface area contributed by atoms with Crippen LogP contribution in [0.1, 0.15) is 17.0 Å². The molecular formula is C24H18Br2F3N3O5S.